The highest BCUT2D eigenvalue weighted by molar-refractivity contribution is 9.10. The monoisotopic (exact) mass is 413 g/mol. The molecule has 1 atom stereocenters. The zero-order valence-electron chi connectivity index (χ0n) is 14.6. The Morgan fingerprint density at radius 1 is 1.19 bits per heavy atom. The van der Waals surface area contributed by atoms with E-state index in [-0.39, 0.29) is 11.8 Å². The van der Waals surface area contributed by atoms with Gasteiger partial charge in [-0.1, -0.05) is 28.1 Å². The smallest absolute Gasteiger partial charge is 0.227 e. The maximum absolute atomic E-state index is 12.6. The number of nitrogens with zero attached hydrogens (tertiary/aromatic N) is 3. The third-order valence-corrected chi connectivity index (χ3v) is 5.36. The number of fused-ring (bicyclic) bond motifs is 1. The first-order valence-corrected chi connectivity index (χ1v) is 9.46. The number of carbonyl (C=O) groups is 1. The molecule has 0 aliphatic carbocycles. The third-order valence-electron chi connectivity index (χ3n) is 4.83. The first-order valence-electron chi connectivity index (χ1n) is 8.67. The lowest BCUT2D eigenvalue weighted by atomic mass is 10.1. The molecular formula is C20H20BrN3O2. The first kappa shape index (κ1) is 17.2. The lowest BCUT2D eigenvalue weighted by molar-refractivity contribution is -0.117. The van der Waals surface area contributed by atoms with Crippen molar-refractivity contribution in [3.63, 3.8) is 0 Å². The van der Waals surface area contributed by atoms with Crippen molar-refractivity contribution in [1.82, 2.24) is 9.55 Å². The Balaban J connectivity index is 1.67. The number of carbonyl (C=O) groups excluding carboxylic acids is 1. The molecule has 26 heavy (non-hydrogen) atoms. The van der Waals surface area contributed by atoms with Crippen LogP contribution in [-0.4, -0.2) is 35.7 Å². The van der Waals surface area contributed by atoms with Crippen LogP contribution in [0.15, 0.2) is 53.0 Å². The summed E-state index contributed by atoms with van der Waals surface area (Å²) in [5.41, 5.74) is 2.99. The minimum Gasteiger partial charge on any atom is -0.383 e. The average Bonchev–Trinajstić information content (AvgIpc) is 3.21. The van der Waals surface area contributed by atoms with Crippen molar-refractivity contribution in [2.75, 3.05) is 25.2 Å². The second-order valence-electron chi connectivity index (χ2n) is 6.48. The van der Waals surface area contributed by atoms with E-state index in [0.717, 1.165) is 33.6 Å². The molecular weight excluding hydrogens is 394 g/mol. The highest BCUT2D eigenvalue weighted by atomic mass is 79.9. The second-order valence-corrected chi connectivity index (χ2v) is 7.40. The van der Waals surface area contributed by atoms with Gasteiger partial charge in [0.1, 0.15) is 5.82 Å². The summed E-state index contributed by atoms with van der Waals surface area (Å²) in [6.45, 7) is 2.00. The number of anilines is 1. The van der Waals surface area contributed by atoms with Crippen LogP contribution in [0, 0.1) is 0 Å². The molecule has 5 nitrogen and oxygen atoms in total. The van der Waals surface area contributed by atoms with Crippen LogP contribution in [0.5, 0.6) is 0 Å². The maximum Gasteiger partial charge on any atom is 0.227 e. The highest BCUT2D eigenvalue weighted by Gasteiger charge is 2.34. The number of aromatic nitrogens is 2. The lowest BCUT2D eigenvalue weighted by Crippen LogP contribution is -2.24. The van der Waals surface area contributed by atoms with Crippen LogP contribution in [0.2, 0.25) is 0 Å². The highest BCUT2D eigenvalue weighted by Crippen LogP contribution is 2.33. The topological polar surface area (TPSA) is 47.4 Å². The van der Waals surface area contributed by atoms with Crippen LogP contribution >= 0.6 is 15.9 Å². The van der Waals surface area contributed by atoms with E-state index in [0.29, 0.717) is 19.6 Å². The van der Waals surface area contributed by atoms with Crippen molar-refractivity contribution < 1.29 is 9.53 Å². The number of para-hydroxylation sites is 2. The molecule has 0 spiro atoms. The zero-order chi connectivity index (χ0) is 18.1. The Bertz CT molecular complexity index is 936. The van der Waals surface area contributed by atoms with Crippen molar-refractivity contribution in [3.05, 3.63) is 58.8 Å². The van der Waals surface area contributed by atoms with Gasteiger partial charge in [-0.25, -0.2) is 4.98 Å². The molecule has 4 rings (SSSR count). The molecule has 2 heterocycles. The fourth-order valence-corrected chi connectivity index (χ4v) is 3.84. The van der Waals surface area contributed by atoms with Gasteiger partial charge in [0.05, 0.1) is 17.6 Å². The number of methoxy groups -OCH3 is 1. The Labute approximate surface area is 160 Å². The van der Waals surface area contributed by atoms with Crippen molar-refractivity contribution in [2.24, 2.45) is 0 Å². The van der Waals surface area contributed by atoms with E-state index in [2.05, 4.69) is 26.6 Å². The molecule has 1 aliphatic rings. The summed E-state index contributed by atoms with van der Waals surface area (Å²) >= 11 is 3.44. The number of imidazole rings is 1. The second kappa shape index (κ2) is 7.21. The number of rotatable bonds is 5. The molecule has 1 aliphatic heterocycles. The van der Waals surface area contributed by atoms with E-state index in [1.165, 1.54) is 0 Å². The van der Waals surface area contributed by atoms with Crippen LogP contribution in [0.3, 0.4) is 0 Å². The standard InChI is InChI=1S/C20H20BrN3O2/c1-26-11-10-23-18-5-3-2-4-17(18)22-20(23)14-12-19(25)24(13-14)16-8-6-15(21)7-9-16/h2-9,14H,10-13H2,1H3. The van der Waals surface area contributed by atoms with Gasteiger partial charge < -0.3 is 14.2 Å². The van der Waals surface area contributed by atoms with Gasteiger partial charge in [-0.2, -0.15) is 0 Å². The van der Waals surface area contributed by atoms with Gasteiger partial charge in [0, 0.05) is 42.7 Å². The maximum atomic E-state index is 12.6. The predicted molar refractivity (Wildman–Crippen MR) is 105 cm³/mol. The Morgan fingerprint density at radius 3 is 2.73 bits per heavy atom. The summed E-state index contributed by atoms with van der Waals surface area (Å²) in [5.74, 6) is 1.19. The molecule has 0 N–H and O–H groups in total. The van der Waals surface area contributed by atoms with Gasteiger partial charge in [-0.05, 0) is 36.4 Å². The van der Waals surface area contributed by atoms with Gasteiger partial charge in [-0.3, -0.25) is 4.79 Å². The van der Waals surface area contributed by atoms with Crippen molar-refractivity contribution in [1.29, 1.82) is 0 Å². The Morgan fingerprint density at radius 2 is 1.96 bits per heavy atom. The molecule has 0 saturated carbocycles. The number of benzene rings is 2. The minimum absolute atomic E-state index is 0.0791. The number of hydrogen-bond acceptors (Lipinski definition) is 3. The summed E-state index contributed by atoms with van der Waals surface area (Å²) < 4.78 is 8.48. The fourth-order valence-electron chi connectivity index (χ4n) is 3.57. The van der Waals surface area contributed by atoms with E-state index in [4.69, 9.17) is 9.72 Å². The van der Waals surface area contributed by atoms with Gasteiger partial charge in [0.25, 0.3) is 0 Å². The molecule has 1 unspecified atom stereocenters. The quantitative estimate of drug-likeness (QED) is 0.635. The van der Waals surface area contributed by atoms with Gasteiger partial charge in [0.2, 0.25) is 5.91 Å². The molecule has 0 bridgehead atoms. The van der Waals surface area contributed by atoms with Crippen LogP contribution in [-0.2, 0) is 16.1 Å². The lowest BCUT2D eigenvalue weighted by Gasteiger charge is -2.17. The molecule has 134 valence electrons. The predicted octanol–water partition coefficient (Wildman–Crippen LogP) is 3.97. The van der Waals surface area contributed by atoms with Crippen LogP contribution in [0.25, 0.3) is 11.0 Å². The van der Waals surface area contributed by atoms with Crippen LogP contribution < -0.4 is 4.90 Å². The van der Waals surface area contributed by atoms with Gasteiger partial charge >= 0.3 is 0 Å². The molecule has 1 amide bonds. The molecule has 3 aromatic rings. The zero-order valence-corrected chi connectivity index (χ0v) is 16.1. The van der Waals surface area contributed by atoms with Crippen LogP contribution in [0.4, 0.5) is 5.69 Å². The number of hydrogen-bond donors (Lipinski definition) is 0. The van der Waals surface area contributed by atoms with Crippen molar-refractivity contribution in [2.45, 2.75) is 18.9 Å². The molecule has 1 aromatic heterocycles. The van der Waals surface area contributed by atoms with Crippen LogP contribution in [0.1, 0.15) is 18.2 Å². The fraction of sp³-hybridized carbons (Fsp3) is 0.300. The Hall–Kier alpha value is -2.18. The molecule has 6 heteroatoms. The summed E-state index contributed by atoms with van der Waals surface area (Å²) in [6.07, 6.45) is 0.479. The third kappa shape index (κ3) is 3.15. The normalized spacial score (nSPS) is 17.4. The summed E-state index contributed by atoms with van der Waals surface area (Å²) in [4.78, 5) is 19.3. The summed E-state index contributed by atoms with van der Waals surface area (Å²) in [7, 11) is 1.70. The summed E-state index contributed by atoms with van der Waals surface area (Å²) in [5, 5.41) is 0. The molecule has 0 radical (unpaired) electrons. The Kier molecular flexibility index (Phi) is 4.78. The average molecular weight is 414 g/mol. The van der Waals surface area contributed by atoms with Crippen molar-refractivity contribution in [3.8, 4) is 0 Å². The van der Waals surface area contributed by atoms with E-state index < -0.39 is 0 Å². The molecule has 1 fully saturated rings. The van der Waals surface area contributed by atoms with E-state index in [1.807, 2.05) is 47.4 Å². The van der Waals surface area contributed by atoms with Crippen molar-refractivity contribution >= 4 is 38.6 Å². The molecule has 2 aromatic carbocycles. The summed E-state index contributed by atoms with van der Waals surface area (Å²) in [6, 6.07) is 16.0. The first-order chi connectivity index (χ1) is 12.7. The number of ether oxygens (including phenoxy) is 1. The minimum atomic E-state index is 0.0791. The van der Waals surface area contributed by atoms with Gasteiger partial charge in [0.15, 0.2) is 0 Å². The number of halogens is 1. The number of amides is 1. The van der Waals surface area contributed by atoms with E-state index >= 15 is 0 Å². The van der Waals surface area contributed by atoms with Gasteiger partial charge in [-0.15, -0.1) is 0 Å². The van der Waals surface area contributed by atoms with E-state index in [9.17, 15) is 4.79 Å². The molecule has 1 saturated heterocycles. The van der Waals surface area contributed by atoms with E-state index in [1.54, 1.807) is 7.11 Å². The SMILES string of the molecule is COCCn1c(C2CC(=O)N(c3ccc(Br)cc3)C2)nc2ccccc21. The largest absolute Gasteiger partial charge is 0.383 e.